The van der Waals surface area contributed by atoms with Crippen LogP contribution in [0, 0.1) is 0 Å². The molecule has 0 bridgehead atoms. The molecule has 0 aliphatic carbocycles. The molecule has 19 heavy (non-hydrogen) atoms. The molecule has 100 valence electrons. The van der Waals surface area contributed by atoms with Gasteiger partial charge in [0.05, 0.1) is 13.4 Å². The number of methoxy groups -OCH3 is 1. The lowest BCUT2D eigenvalue weighted by Crippen LogP contribution is -2.15. The summed E-state index contributed by atoms with van der Waals surface area (Å²) in [4.78, 5) is 14.9. The van der Waals surface area contributed by atoms with Crippen LogP contribution in [0.25, 0.3) is 0 Å². The third-order valence-corrected chi connectivity index (χ3v) is 2.89. The maximum Gasteiger partial charge on any atom is 0.271 e. The number of hydrogen-bond donors (Lipinski definition) is 2. The molecule has 0 aliphatic heterocycles. The Morgan fingerprint density at radius 3 is 2.89 bits per heavy atom. The zero-order valence-electron chi connectivity index (χ0n) is 10.7. The van der Waals surface area contributed by atoms with Gasteiger partial charge in [-0.1, -0.05) is 12.1 Å². The fourth-order valence-electron chi connectivity index (χ4n) is 1.84. The zero-order valence-corrected chi connectivity index (χ0v) is 10.7. The van der Waals surface area contributed by atoms with Crippen LogP contribution in [0.5, 0.6) is 5.75 Å². The van der Waals surface area contributed by atoms with Crippen molar-refractivity contribution in [1.82, 2.24) is 9.55 Å². The second-order valence-corrected chi connectivity index (χ2v) is 4.14. The van der Waals surface area contributed by atoms with Crippen molar-refractivity contribution < 1.29 is 9.53 Å². The third-order valence-electron chi connectivity index (χ3n) is 2.89. The van der Waals surface area contributed by atoms with Crippen LogP contribution in [0.3, 0.4) is 0 Å². The lowest BCUT2D eigenvalue weighted by Gasteiger charge is -2.07. The topological polar surface area (TPSA) is 96.2 Å². The molecule has 4 N–H and O–H groups in total. The standard InChI is InChI=1S/C13H16N4O2/c1-19-10-4-2-3-9(7-10)5-6-17-8-16-11(12(17)14)13(15)18/h2-4,7-8H,5-6,14H2,1H3,(H2,15,18). The number of rotatable bonds is 5. The van der Waals surface area contributed by atoms with Crippen molar-refractivity contribution in [2.75, 3.05) is 12.8 Å². The van der Waals surface area contributed by atoms with Crippen LogP contribution in [0.2, 0.25) is 0 Å². The van der Waals surface area contributed by atoms with Crippen molar-refractivity contribution >= 4 is 11.7 Å². The molecule has 6 nitrogen and oxygen atoms in total. The van der Waals surface area contributed by atoms with Crippen LogP contribution in [-0.2, 0) is 13.0 Å². The molecular formula is C13H16N4O2. The number of nitrogens with two attached hydrogens (primary N) is 2. The Kier molecular flexibility index (Phi) is 3.70. The maximum atomic E-state index is 11.0. The van der Waals surface area contributed by atoms with Gasteiger partial charge in [0.25, 0.3) is 5.91 Å². The van der Waals surface area contributed by atoms with Crippen molar-refractivity contribution in [1.29, 1.82) is 0 Å². The average molecular weight is 260 g/mol. The molecule has 6 heteroatoms. The first-order valence-electron chi connectivity index (χ1n) is 5.85. The average Bonchev–Trinajstić information content (AvgIpc) is 2.78. The summed E-state index contributed by atoms with van der Waals surface area (Å²) in [7, 11) is 1.63. The maximum absolute atomic E-state index is 11.0. The third kappa shape index (κ3) is 2.85. The highest BCUT2D eigenvalue weighted by Crippen LogP contribution is 2.15. The normalized spacial score (nSPS) is 10.4. The molecule has 0 saturated carbocycles. The van der Waals surface area contributed by atoms with E-state index in [4.69, 9.17) is 16.2 Å². The van der Waals surface area contributed by atoms with E-state index >= 15 is 0 Å². The number of nitrogen functional groups attached to an aromatic ring is 1. The van der Waals surface area contributed by atoms with Crippen molar-refractivity contribution in [3.8, 4) is 5.75 Å². The SMILES string of the molecule is COc1cccc(CCn2cnc(C(N)=O)c2N)c1. The number of carbonyl (C=O) groups is 1. The molecule has 1 amide bonds. The van der Waals surface area contributed by atoms with Gasteiger partial charge < -0.3 is 20.8 Å². The van der Waals surface area contributed by atoms with Gasteiger partial charge in [-0.05, 0) is 24.1 Å². The van der Waals surface area contributed by atoms with Crippen LogP contribution in [-0.4, -0.2) is 22.6 Å². The molecule has 0 aliphatic rings. The predicted molar refractivity (Wildman–Crippen MR) is 71.9 cm³/mol. The zero-order chi connectivity index (χ0) is 13.8. The second kappa shape index (κ2) is 5.43. The number of carbonyl (C=O) groups excluding carboxylic acids is 1. The summed E-state index contributed by atoms with van der Waals surface area (Å²) in [5.74, 6) is 0.502. The van der Waals surface area contributed by atoms with Gasteiger partial charge in [0.1, 0.15) is 11.6 Å². The first kappa shape index (κ1) is 12.9. The largest absolute Gasteiger partial charge is 0.497 e. The van der Waals surface area contributed by atoms with Crippen LogP contribution >= 0.6 is 0 Å². The number of ether oxygens (including phenoxy) is 1. The molecule has 0 atom stereocenters. The fraction of sp³-hybridized carbons (Fsp3) is 0.231. The summed E-state index contributed by atoms with van der Waals surface area (Å²) < 4.78 is 6.87. The number of benzene rings is 1. The lowest BCUT2D eigenvalue weighted by atomic mass is 10.1. The van der Waals surface area contributed by atoms with E-state index in [1.54, 1.807) is 11.7 Å². The van der Waals surface area contributed by atoms with E-state index in [0.29, 0.717) is 12.4 Å². The number of aryl methyl sites for hydroxylation is 2. The van der Waals surface area contributed by atoms with Gasteiger partial charge in [0.15, 0.2) is 5.69 Å². The van der Waals surface area contributed by atoms with E-state index in [1.807, 2.05) is 24.3 Å². The van der Waals surface area contributed by atoms with Gasteiger partial charge in [-0.2, -0.15) is 0 Å². The lowest BCUT2D eigenvalue weighted by molar-refractivity contribution is 0.0997. The number of amides is 1. The first-order chi connectivity index (χ1) is 9.11. The Morgan fingerprint density at radius 1 is 1.47 bits per heavy atom. The van der Waals surface area contributed by atoms with E-state index in [9.17, 15) is 4.79 Å². The summed E-state index contributed by atoms with van der Waals surface area (Å²) in [6.45, 7) is 0.624. The summed E-state index contributed by atoms with van der Waals surface area (Å²) in [5, 5.41) is 0. The van der Waals surface area contributed by atoms with Crippen LogP contribution in [0.4, 0.5) is 5.82 Å². The first-order valence-corrected chi connectivity index (χ1v) is 5.85. The van der Waals surface area contributed by atoms with Crippen LogP contribution in [0.15, 0.2) is 30.6 Å². The molecule has 0 radical (unpaired) electrons. The second-order valence-electron chi connectivity index (χ2n) is 4.14. The summed E-state index contributed by atoms with van der Waals surface area (Å²) in [6, 6.07) is 7.79. The fourth-order valence-corrected chi connectivity index (χ4v) is 1.84. The van der Waals surface area contributed by atoms with Gasteiger partial charge in [0, 0.05) is 6.54 Å². The number of nitrogens with zero attached hydrogens (tertiary/aromatic N) is 2. The van der Waals surface area contributed by atoms with Crippen molar-refractivity contribution in [2.24, 2.45) is 5.73 Å². The Labute approximate surface area is 111 Å². The Morgan fingerprint density at radius 2 is 2.26 bits per heavy atom. The summed E-state index contributed by atoms with van der Waals surface area (Å²) in [5.41, 5.74) is 12.2. The minimum Gasteiger partial charge on any atom is -0.497 e. The highest BCUT2D eigenvalue weighted by atomic mass is 16.5. The Hall–Kier alpha value is -2.50. The van der Waals surface area contributed by atoms with Crippen molar-refractivity contribution in [3.63, 3.8) is 0 Å². The molecule has 2 aromatic rings. The molecule has 0 fully saturated rings. The number of imidazole rings is 1. The molecule has 2 rings (SSSR count). The summed E-state index contributed by atoms with van der Waals surface area (Å²) in [6.07, 6.45) is 2.28. The van der Waals surface area contributed by atoms with Gasteiger partial charge in [-0.15, -0.1) is 0 Å². The summed E-state index contributed by atoms with van der Waals surface area (Å²) >= 11 is 0. The number of primary amides is 1. The molecule has 1 heterocycles. The van der Waals surface area contributed by atoms with E-state index in [1.165, 1.54) is 6.33 Å². The molecular weight excluding hydrogens is 244 g/mol. The van der Waals surface area contributed by atoms with Crippen molar-refractivity contribution in [3.05, 3.63) is 41.9 Å². The Bertz CT molecular complexity index is 592. The van der Waals surface area contributed by atoms with E-state index in [2.05, 4.69) is 4.98 Å². The quantitative estimate of drug-likeness (QED) is 0.831. The minimum atomic E-state index is -0.613. The van der Waals surface area contributed by atoms with Crippen LogP contribution in [0.1, 0.15) is 16.1 Å². The molecule has 0 spiro atoms. The van der Waals surface area contributed by atoms with E-state index in [0.717, 1.165) is 17.7 Å². The minimum absolute atomic E-state index is 0.116. The van der Waals surface area contributed by atoms with Gasteiger partial charge >= 0.3 is 0 Å². The number of anilines is 1. The van der Waals surface area contributed by atoms with Gasteiger partial charge in [-0.25, -0.2) is 4.98 Å². The number of aromatic nitrogens is 2. The Balaban J connectivity index is 2.08. The van der Waals surface area contributed by atoms with Crippen molar-refractivity contribution in [2.45, 2.75) is 13.0 Å². The molecule has 0 saturated heterocycles. The predicted octanol–water partition coefficient (Wildman–Crippen LogP) is 0.815. The highest BCUT2D eigenvalue weighted by Gasteiger charge is 2.12. The van der Waals surface area contributed by atoms with Gasteiger partial charge in [0.2, 0.25) is 0 Å². The smallest absolute Gasteiger partial charge is 0.271 e. The molecule has 1 aromatic carbocycles. The highest BCUT2D eigenvalue weighted by molar-refractivity contribution is 5.95. The van der Waals surface area contributed by atoms with E-state index in [-0.39, 0.29) is 5.69 Å². The number of hydrogen-bond acceptors (Lipinski definition) is 4. The van der Waals surface area contributed by atoms with E-state index < -0.39 is 5.91 Å². The van der Waals surface area contributed by atoms with Crippen LogP contribution < -0.4 is 16.2 Å². The monoisotopic (exact) mass is 260 g/mol. The molecule has 0 unspecified atom stereocenters. The molecule has 1 aromatic heterocycles. The van der Waals surface area contributed by atoms with Gasteiger partial charge in [-0.3, -0.25) is 4.79 Å².